The van der Waals surface area contributed by atoms with Gasteiger partial charge in [0.25, 0.3) is 0 Å². The number of hydrogen-bond acceptors (Lipinski definition) is 4. The van der Waals surface area contributed by atoms with Gasteiger partial charge in [-0.1, -0.05) is 6.07 Å². The maximum Gasteiger partial charge on any atom is 0.185 e. The Hall–Kier alpha value is -1.07. The maximum atomic E-state index is 12.3. The van der Waals surface area contributed by atoms with Gasteiger partial charge in [0.15, 0.2) is 9.84 Å². The van der Waals surface area contributed by atoms with Crippen LogP contribution in [-0.2, 0) is 9.84 Å². The molecule has 5 heteroatoms. The van der Waals surface area contributed by atoms with Crippen molar-refractivity contribution in [2.24, 2.45) is 5.73 Å². The summed E-state index contributed by atoms with van der Waals surface area (Å²) in [6.07, 6.45) is 1.20. The molecule has 0 spiro atoms. The highest BCUT2D eigenvalue weighted by Gasteiger charge is 2.57. The minimum atomic E-state index is -3.43. The molecule has 0 heterocycles. The van der Waals surface area contributed by atoms with E-state index in [1.54, 1.807) is 6.92 Å². The molecule has 88 valence electrons. The predicted molar refractivity (Wildman–Crippen MR) is 60.9 cm³/mol. The van der Waals surface area contributed by atoms with Crippen molar-refractivity contribution < 1.29 is 13.5 Å². The van der Waals surface area contributed by atoms with Crippen LogP contribution in [0, 0.1) is 0 Å². The zero-order chi connectivity index (χ0) is 12.0. The SMILES string of the molecule is CC(N)C1(S(=O)(=O)c2cccc(O)c2)CC1. The molecular weight excluding hydrogens is 226 g/mol. The summed E-state index contributed by atoms with van der Waals surface area (Å²) in [4.78, 5) is 0.155. The zero-order valence-corrected chi connectivity index (χ0v) is 9.87. The lowest BCUT2D eigenvalue weighted by Gasteiger charge is -2.20. The van der Waals surface area contributed by atoms with Gasteiger partial charge < -0.3 is 10.8 Å². The lowest BCUT2D eigenvalue weighted by molar-refractivity contribution is 0.472. The van der Waals surface area contributed by atoms with Crippen molar-refractivity contribution in [3.05, 3.63) is 24.3 Å². The quantitative estimate of drug-likeness (QED) is 0.828. The molecule has 1 unspecified atom stereocenters. The van der Waals surface area contributed by atoms with Gasteiger partial charge in [-0.3, -0.25) is 0 Å². The highest BCUT2D eigenvalue weighted by Crippen LogP contribution is 2.48. The van der Waals surface area contributed by atoms with Crippen molar-refractivity contribution >= 4 is 9.84 Å². The average molecular weight is 241 g/mol. The molecule has 3 N–H and O–H groups in total. The molecule has 1 fully saturated rings. The molecule has 1 saturated carbocycles. The predicted octanol–water partition coefficient (Wildman–Crippen LogP) is 1.05. The van der Waals surface area contributed by atoms with Gasteiger partial charge in [0.1, 0.15) is 5.75 Å². The Morgan fingerprint density at radius 2 is 2.06 bits per heavy atom. The molecule has 0 radical (unpaired) electrons. The molecule has 4 nitrogen and oxygen atoms in total. The minimum absolute atomic E-state index is 0.0402. The third-order valence-corrected chi connectivity index (χ3v) is 5.96. The molecule has 1 aromatic rings. The van der Waals surface area contributed by atoms with Gasteiger partial charge in [0.2, 0.25) is 0 Å². The molecule has 0 saturated heterocycles. The summed E-state index contributed by atoms with van der Waals surface area (Å²) in [7, 11) is -3.43. The molecule has 0 aromatic heterocycles. The van der Waals surface area contributed by atoms with E-state index >= 15 is 0 Å². The molecule has 1 atom stereocenters. The van der Waals surface area contributed by atoms with Crippen LogP contribution in [0.4, 0.5) is 0 Å². The van der Waals surface area contributed by atoms with Crippen molar-refractivity contribution in [3.8, 4) is 5.75 Å². The number of sulfone groups is 1. The van der Waals surface area contributed by atoms with Gasteiger partial charge in [0.05, 0.1) is 9.64 Å². The van der Waals surface area contributed by atoms with Crippen molar-refractivity contribution in [3.63, 3.8) is 0 Å². The van der Waals surface area contributed by atoms with Gasteiger partial charge in [-0.15, -0.1) is 0 Å². The van der Waals surface area contributed by atoms with Crippen LogP contribution >= 0.6 is 0 Å². The van der Waals surface area contributed by atoms with Crippen molar-refractivity contribution in [1.29, 1.82) is 0 Å². The fourth-order valence-electron chi connectivity index (χ4n) is 1.98. The smallest absolute Gasteiger partial charge is 0.185 e. The Morgan fingerprint density at radius 3 is 2.50 bits per heavy atom. The Balaban J connectivity index is 2.48. The molecule has 2 rings (SSSR count). The lowest BCUT2D eigenvalue weighted by atomic mass is 10.2. The Kier molecular flexibility index (Phi) is 2.47. The normalized spacial score (nSPS) is 20.4. The first-order valence-corrected chi connectivity index (χ1v) is 6.68. The lowest BCUT2D eigenvalue weighted by Crippen LogP contribution is -2.40. The van der Waals surface area contributed by atoms with Crippen molar-refractivity contribution in [2.45, 2.75) is 35.4 Å². The summed E-state index contributed by atoms with van der Waals surface area (Å²) in [5.74, 6) is -0.0402. The van der Waals surface area contributed by atoms with Crippen molar-refractivity contribution in [2.75, 3.05) is 0 Å². The third-order valence-electron chi connectivity index (χ3n) is 3.24. The highest BCUT2D eigenvalue weighted by molar-refractivity contribution is 7.93. The summed E-state index contributed by atoms with van der Waals surface area (Å²) in [5, 5.41) is 9.31. The Labute approximate surface area is 95.0 Å². The topological polar surface area (TPSA) is 80.4 Å². The largest absolute Gasteiger partial charge is 0.508 e. The molecule has 1 aliphatic carbocycles. The Bertz CT molecular complexity index is 504. The molecular formula is C11H15NO3S. The second-order valence-corrected chi connectivity index (χ2v) is 6.65. The first-order chi connectivity index (χ1) is 7.40. The van der Waals surface area contributed by atoms with Gasteiger partial charge in [-0.25, -0.2) is 8.42 Å². The van der Waals surface area contributed by atoms with Gasteiger partial charge in [-0.05, 0) is 38.0 Å². The van der Waals surface area contributed by atoms with Crippen LogP contribution in [0.15, 0.2) is 29.2 Å². The van der Waals surface area contributed by atoms with Crippen LogP contribution in [0.2, 0.25) is 0 Å². The number of nitrogens with two attached hydrogens (primary N) is 1. The number of hydrogen-bond donors (Lipinski definition) is 2. The zero-order valence-electron chi connectivity index (χ0n) is 9.05. The molecule has 1 aromatic carbocycles. The summed E-state index contributed by atoms with van der Waals surface area (Å²) >= 11 is 0. The van der Waals surface area contributed by atoms with E-state index in [-0.39, 0.29) is 16.7 Å². The number of benzene rings is 1. The van der Waals surface area contributed by atoms with Crippen LogP contribution in [0.3, 0.4) is 0 Å². The van der Waals surface area contributed by atoms with E-state index in [9.17, 15) is 13.5 Å². The van der Waals surface area contributed by atoms with Crippen LogP contribution in [0.25, 0.3) is 0 Å². The van der Waals surface area contributed by atoms with Crippen LogP contribution in [0.1, 0.15) is 19.8 Å². The number of phenols is 1. The summed E-state index contributed by atoms with van der Waals surface area (Å²) in [6, 6.07) is 5.36. The first-order valence-electron chi connectivity index (χ1n) is 5.19. The minimum Gasteiger partial charge on any atom is -0.508 e. The number of phenolic OH excluding ortho intramolecular Hbond substituents is 1. The van der Waals surface area contributed by atoms with E-state index < -0.39 is 14.6 Å². The summed E-state index contributed by atoms with van der Waals surface area (Å²) < 4.78 is 23.8. The monoisotopic (exact) mass is 241 g/mol. The van der Waals surface area contributed by atoms with E-state index in [0.717, 1.165) is 0 Å². The number of aromatic hydroxyl groups is 1. The van der Waals surface area contributed by atoms with Crippen LogP contribution in [-0.4, -0.2) is 24.3 Å². The maximum absolute atomic E-state index is 12.3. The third kappa shape index (κ3) is 1.51. The fraction of sp³-hybridized carbons (Fsp3) is 0.455. The fourth-order valence-corrected chi connectivity index (χ4v) is 4.11. The molecule has 16 heavy (non-hydrogen) atoms. The van der Waals surface area contributed by atoms with E-state index in [1.807, 2.05) is 0 Å². The summed E-state index contributed by atoms with van der Waals surface area (Å²) in [5.41, 5.74) is 5.75. The van der Waals surface area contributed by atoms with Gasteiger partial charge in [-0.2, -0.15) is 0 Å². The second kappa shape index (κ2) is 3.46. The van der Waals surface area contributed by atoms with E-state index in [4.69, 9.17) is 5.73 Å². The number of rotatable bonds is 3. The average Bonchev–Trinajstić information content (AvgIpc) is 2.98. The van der Waals surface area contributed by atoms with Crippen molar-refractivity contribution in [1.82, 2.24) is 0 Å². The van der Waals surface area contributed by atoms with E-state index in [2.05, 4.69) is 0 Å². The second-order valence-electron chi connectivity index (χ2n) is 4.35. The standard InChI is InChI=1S/C11H15NO3S/c1-8(12)11(5-6-11)16(14,15)10-4-2-3-9(13)7-10/h2-4,7-8,13H,5-6,12H2,1H3. The van der Waals surface area contributed by atoms with Crippen LogP contribution < -0.4 is 5.73 Å². The van der Waals surface area contributed by atoms with E-state index in [0.29, 0.717) is 12.8 Å². The highest BCUT2D eigenvalue weighted by atomic mass is 32.2. The first kappa shape index (κ1) is 11.4. The molecule has 0 amide bonds. The Morgan fingerprint density at radius 1 is 1.44 bits per heavy atom. The van der Waals surface area contributed by atoms with Gasteiger partial charge in [0, 0.05) is 6.04 Å². The summed E-state index contributed by atoms with van der Waals surface area (Å²) in [6.45, 7) is 1.72. The van der Waals surface area contributed by atoms with Gasteiger partial charge >= 0.3 is 0 Å². The molecule has 1 aliphatic rings. The van der Waals surface area contributed by atoms with E-state index in [1.165, 1.54) is 24.3 Å². The molecule has 0 bridgehead atoms. The molecule has 0 aliphatic heterocycles. The van der Waals surface area contributed by atoms with Crippen LogP contribution in [0.5, 0.6) is 5.75 Å².